The fourth-order valence-electron chi connectivity index (χ4n) is 4.90. The van der Waals surface area contributed by atoms with Crippen molar-refractivity contribution in [3.63, 3.8) is 0 Å². The second-order valence-electron chi connectivity index (χ2n) is 11.5. The fourth-order valence-corrected chi connectivity index (χ4v) is 4.90. The van der Waals surface area contributed by atoms with E-state index in [1.165, 1.54) is 11.1 Å². The molecule has 0 bridgehead atoms. The molecule has 0 aliphatic carbocycles. The largest absolute Gasteiger partial charge is 0.494 e. The van der Waals surface area contributed by atoms with Crippen LogP contribution in [0.15, 0.2) is 110 Å². The maximum absolute atomic E-state index is 11.1. The van der Waals surface area contributed by atoms with Gasteiger partial charge in [0.1, 0.15) is 11.5 Å². The normalized spacial score (nSPS) is 10.0. The predicted octanol–water partition coefficient (Wildman–Crippen LogP) is 8.55. The summed E-state index contributed by atoms with van der Waals surface area (Å²) in [6.07, 6.45) is 5.37. The van der Waals surface area contributed by atoms with Gasteiger partial charge >= 0.3 is 11.9 Å². The average molecular weight is 667 g/mol. The van der Waals surface area contributed by atoms with E-state index in [1.807, 2.05) is 48.5 Å². The Kier molecular flexibility index (Phi) is 14.6. The highest BCUT2D eigenvalue weighted by Gasteiger charge is 2.07. The highest BCUT2D eigenvalue weighted by molar-refractivity contribution is 5.81. The number of hydrogen-bond donors (Lipinski definition) is 0. The Balaban J connectivity index is 1.27. The van der Waals surface area contributed by atoms with E-state index < -0.39 is 11.9 Å². The van der Waals surface area contributed by atoms with E-state index in [-0.39, 0.29) is 0 Å². The molecule has 0 unspecified atom stereocenters. The molecule has 0 aliphatic heterocycles. The van der Waals surface area contributed by atoms with Crippen LogP contribution in [-0.4, -0.2) is 38.4 Å². The van der Waals surface area contributed by atoms with Crippen LogP contribution in [0.25, 0.3) is 11.1 Å². The molecule has 6 nitrogen and oxygen atoms in total. The van der Waals surface area contributed by atoms with Gasteiger partial charge < -0.3 is 18.9 Å². The van der Waals surface area contributed by atoms with Crippen molar-refractivity contribution >= 4 is 11.9 Å². The number of rotatable bonds is 15. The maximum atomic E-state index is 11.1. The molecule has 0 spiro atoms. The summed E-state index contributed by atoms with van der Waals surface area (Å²) < 4.78 is 21.5. The van der Waals surface area contributed by atoms with Crippen molar-refractivity contribution in [2.75, 3.05) is 26.4 Å². The highest BCUT2D eigenvalue weighted by Crippen LogP contribution is 2.28. The summed E-state index contributed by atoms with van der Waals surface area (Å²) in [6.45, 7) is 12.8. The van der Waals surface area contributed by atoms with Crippen molar-refractivity contribution in [1.82, 2.24) is 0 Å². The Bertz CT molecular complexity index is 1760. The van der Waals surface area contributed by atoms with Gasteiger partial charge in [-0.15, -0.1) is 0 Å². The first-order valence-electron chi connectivity index (χ1n) is 16.6. The van der Waals surface area contributed by atoms with Crippen LogP contribution >= 0.6 is 0 Å². The summed E-state index contributed by atoms with van der Waals surface area (Å²) in [6, 6.07) is 28.1. The molecule has 0 radical (unpaired) electrons. The topological polar surface area (TPSA) is 71.1 Å². The zero-order valence-corrected chi connectivity index (χ0v) is 28.8. The molecule has 0 atom stereocenters. The Morgan fingerprint density at radius 2 is 0.860 bits per heavy atom. The number of ether oxygens (including phenoxy) is 4. The number of benzene rings is 4. The summed E-state index contributed by atoms with van der Waals surface area (Å²) in [4.78, 5) is 22.1. The molecule has 0 heterocycles. The summed E-state index contributed by atoms with van der Waals surface area (Å²) >= 11 is 0. The van der Waals surface area contributed by atoms with Crippen LogP contribution < -0.4 is 9.47 Å². The molecular formula is C44H42O6. The first-order chi connectivity index (χ1) is 24.3. The molecule has 0 aromatic heterocycles. The van der Waals surface area contributed by atoms with Crippen LogP contribution in [0.1, 0.15) is 59.1 Å². The third kappa shape index (κ3) is 12.2. The van der Waals surface area contributed by atoms with Gasteiger partial charge in [-0.1, -0.05) is 49.0 Å². The molecule has 0 fully saturated rings. The minimum atomic E-state index is -0.402. The summed E-state index contributed by atoms with van der Waals surface area (Å²) in [5, 5.41) is 0. The van der Waals surface area contributed by atoms with Gasteiger partial charge in [-0.05, 0) is 135 Å². The Labute approximate surface area is 295 Å². The molecule has 4 aromatic carbocycles. The quantitative estimate of drug-likeness (QED) is 0.0548. The maximum Gasteiger partial charge on any atom is 0.330 e. The molecule has 50 heavy (non-hydrogen) atoms. The zero-order chi connectivity index (χ0) is 35.6. The summed E-state index contributed by atoms with van der Waals surface area (Å²) in [7, 11) is 0. The lowest BCUT2D eigenvalue weighted by Gasteiger charge is -2.10. The Morgan fingerprint density at radius 1 is 0.520 bits per heavy atom. The number of hydrogen-bond acceptors (Lipinski definition) is 6. The predicted molar refractivity (Wildman–Crippen MR) is 198 cm³/mol. The molecule has 0 saturated heterocycles. The van der Waals surface area contributed by atoms with Gasteiger partial charge in [0.05, 0.1) is 26.4 Å². The summed E-state index contributed by atoms with van der Waals surface area (Å²) in [5.41, 5.74) is 8.36. The Morgan fingerprint density at radius 3 is 1.22 bits per heavy atom. The van der Waals surface area contributed by atoms with Gasteiger partial charge in [0.15, 0.2) is 0 Å². The molecule has 0 aliphatic rings. The van der Waals surface area contributed by atoms with Crippen molar-refractivity contribution in [2.24, 2.45) is 0 Å². The van der Waals surface area contributed by atoms with Crippen molar-refractivity contribution in [2.45, 2.75) is 39.5 Å². The smallest absolute Gasteiger partial charge is 0.330 e. The lowest BCUT2D eigenvalue weighted by atomic mass is 9.94. The van der Waals surface area contributed by atoms with E-state index in [1.54, 1.807) is 0 Å². The lowest BCUT2D eigenvalue weighted by Crippen LogP contribution is -2.04. The number of aryl methyl sites for hydroxylation is 2. The van der Waals surface area contributed by atoms with Crippen molar-refractivity contribution in [3.8, 4) is 46.3 Å². The third-order valence-corrected chi connectivity index (χ3v) is 7.59. The molecular weight excluding hydrogens is 624 g/mol. The lowest BCUT2D eigenvalue weighted by molar-refractivity contribution is -0.138. The first-order valence-corrected chi connectivity index (χ1v) is 16.6. The van der Waals surface area contributed by atoms with E-state index in [9.17, 15) is 9.59 Å². The van der Waals surface area contributed by atoms with Gasteiger partial charge in [0, 0.05) is 34.4 Å². The molecule has 0 saturated carbocycles. The monoisotopic (exact) mass is 666 g/mol. The standard InChI is InChI=1S/C44H42O6/c1-5-43(45)49-29-9-7-27-47-39-21-15-35(16-22-39)11-13-37-19-25-41(33(3)31-37)42-26-20-38(32-34(42)4)14-12-36-17-23-40(24-18-36)48-28-8-10-30-50-44(46)6-2/h5-6,15-26,31-32H,1-2,7-10,27-30H2,3-4H3. The number of esters is 2. The van der Waals surface area contributed by atoms with Crippen LogP contribution in [0.4, 0.5) is 0 Å². The van der Waals surface area contributed by atoms with Crippen LogP contribution in [-0.2, 0) is 19.1 Å². The van der Waals surface area contributed by atoms with Gasteiger partial charge in [0.2, 0.25) is 0 Å². The Hall–Kier alpha value is -5.98. The van der Waals surface area contributed by atoms with Crippen LogP contribution in [0.5, 0.6) is 11.5 Å². The zero-order valence-electron chi connectivity index (χ0n) is 28.8. The third-order valence-electron chi connectivity index (χ3n) is 7.59. The van der Waals surface area contributed by atoms with Crippen LogP contribution in [0.2, 0.25) is 0 Å². The van der Waals surface area contributed by atoms with Crippen molar-refractivity contribution < 1.29 is 28.5 Å². The molecule has 254 valence electrons. The first kappa shape index (κ1) is 36.8. The van der Waals surface area contributed by atoms with Crippen LogP contribution in [0.3, 0.4) is 0 Å². The number of unbranched alkanes of at least 4 members (excludes halogenated alkanes) is 2. The van der Waals surface area contributed by atoms with Crippen molar-refractivity contribution in [3.05, 3.63) is 144 Å². The van der Waals surface area contributed by atoms with E-state index in [4.69, 9.17) is 18.9 Å². The van der Waals surface area contributed by atoms with Crippen molar-refractivity contribution in [1.29, 1.82) is 0 Å². The summed E-state index contributed by atoms with van der Waals surface area (Å²) in [5.74, 6) is 13.8. The van der Waals surface area contributed by atoms with E-state index in [2.05, 4.69) is 87.1 Å². The van der Waals surface area contributed by atoms with E-state index in [0.29, 0.717) is 26.4 Å². The van der Waals surface area contributed by atoms with Gasteiger partial charge in [-0.2, -0.15) is 0 Å². The second kappa shape index (κ2) is 19.7. The molecule has 0 N–H and O–H groups in total. The van der Waals surface area contributed by atoms with E-state index in [0.717, 1.165) is 82.7 Å². The van der Waals surface area contributed by atoms with Gasteiger partial charge in [0.25, 0.3) is 0 Å². The minimum Gasteiger partial charge on any atom is -0.494 e. The van der Waals surface area contributed by atoms with Gasteiger partial charge in [-0.25, -0.2) is 9.59 Å². The minimum absolute atomic E-state index is 0.363. The highest BCUT2D eigenvalue weighted by atomic mass is 16.5. The second-order valence-corrected chi connectivity index (χ2v) is 11.5. The fraction of sp³-hybridized carbons (Fsp3) is 0.227. The molecule has 4 rings (SSSR count). The molecule has 0 amide bonds. The average Bonchev–Trinajstić information content (AvgIpc) is 3.13. The number of carbonyl (C=O) groups excluding carboxylic acids is 2. The van der Waals surface area contributed by atoms with E-state index >= 15 is 0 Å². The van der Waals surface area contributed by atoms with Gasteiger partial charge in [-0.3, -0.25) is 0 Å². The SMILES string of the molecule is C=CC(=O)OCCCCOc1ccc(C#Cc2ccc(-c3ccc(C#Cc4ccc(OCCCCOC(=O)C=C)cc4)cc3C)c(C)c2)cc1. The molecule has 4 aromatic rings. The molecule has 6 heteroatoms. The van der Waals surface area contributed by atoms with Crippen LogP contribution in [0, 0.1) is 37.5 Å². The number of carbonyl (C=O) groups is 2.